The largest absolute Gasteiger partial charge is 0.312 e. The van der Waals surface area contributed by atoms with Crippen LogP contribution >= 0.6 is 0 Å². The van der Waals surface area contributed by atoms with Crippen LogP contribution in [0, 0.1) is 5.92 Å². The lowest BCUT2D eigenvalue weighted by Crippen LogP contribution is -2.48. The Morgan fingerprint density at radius 1 is 1.43 bits per heavy atom. The molecule has 2 atom stereocenters. The SMILES string of the molecule is CC1CCCNC1CN1CC=CCC1. The minimum atomic E-state index is 0.732. The summed E-state index contributed by atoms with van der Waals surface area (Å²) in [5.41, 5.74) is 0. The second-order valence-electron chi connectivity index (χ2n) is 4.70. The van der Waals surface area contributed by atoms with E-state index >= 15 is 0 Å². The number of nitrogens with one attached hydrogen (secondary N) is 1. The third-order valence-electron chi connectivity index (χ3n) is 3.53. The summed E-state index contributed by atoms with van der Waals surface area (Å²) in [6, 6.07) is 0.732. The molecule has 0 bridgehead atoms. The highest BCUT2D eigenvalue weighted by Gasteiger charge is 2.22. The Morgan fingerprint density at radius 3 is 3.07 bits per heavy atom. The summed E-state index contributed by atoms with van der Waals surface area (Å²) in [6.45, 7) is 7.26. The van der Waals surface area contributed by atoms with Gasteiger partial charge in [-0.25, -0.2) is 0 Å². The Hall–Kier alpha value is -0.340. The Kier molecular flexibility index (Phi) is 3.60. The predicted molar refractivity (Wildman–Crippen MR) is 60.4 cm³/mol. The topological polar surface area (TPSA) is 15.3 Å². The molecular weight excluding hydrogens is 172 g/mol. The zero-order valence-corrected chi connectivity index (χ0v) is 9.21. The van der Waals surface area contributed by atoms with Crippen molar-refractivity contribution in [2.24, 2.45) is 5.92 Å². The van der Waals surface area contributed by atoms with Crippen molar-refractivity contribution in [3.63, 3.8) is 0 Å². The van der Waals surface area contributed by atoms with Crippen molar-refractivity contribution in [3.05, 3.63) is 12.2 Å². The van der Waals surface area contributed by atoms with E-state index in [2.05, 4.69) is 29.3 Å². The molecule has 2 aliphatic heterocycles. The average Bonchev–Trinajstić information content (AvgIpc) is 2.23. The standard InChI is InChI=1S/C12H22N2/c1-11-6-5-7-13-12(11)10-14-8-3-2-4-9-14/h2-3,11-13H,4-10H2,1H3. The van der Waals surface area contributed by atoms with Crippen LogP contribution in [0.4, 0.5) is 0 Å². The van der Waals surface area contributed by atoms with Crippen molar-refractivity contribution in [2.75, 3.05) is 26.2 Å². The maximum absolute atomic E-state index is 3.65. The monoisotopic (exact) mass is 194 g/mol. The quantitative estimate of drug-likeness (QED) is 0.672. The number of rotatable bonds is 2. The molecule has 0 saturated carbocycles. The Balaban J connectivity index is 1.80. The van der Waals surface area contributed by atoms with Crippen LogP contribution in [0.3, 0.4) is 0 Å². The fraction of sp³-hybridized carbons (Fsp3) is 0.833. The number of piperidine rings is 1. The molecule has 2 nitrogen and oxygen atoms in total. The minimum Gasteiger partial charge on any atom is -0.312 e. The third kappa shape index (κ3) is 2.58. The lowest BCUT2D eigenvalue weighted by Gasteiger charge is -2.35. The van der Waals surface area contributed by atoms with Crippen LogP contribution in [0.1, 0.15) is 26.2 Å². The van der Waals surface area contributed by atoms with Gasteiger partial charge >= 0.3 is 0 Å². The molecule has 2 aliphatic rings. The smallest absolute Gasteiger partial charge is 0.0220 e. The zero-order chi connectivity index (χ0) is 9.80. The van der Waals surface area contributed by atoms with Crippen LogP contribution in [-0.4, -0.2) is 37.1 Å². The molecule has 80 valence electrons. The average molecular weight is 194 g/mol. The van der Waals surface area contributed by atoms with Crippen molar-refractivity contribution < 1.29 is 0 Å². The van der Waals surface area contributed by atoms with E-state index in [0.717, 1.165) is 18.5 Å². The van der Waals surface area contributed by atoms with Crippen LogP contribution < -0.4 is 5.32 Å². The van der Waals surface area contributed by atoms with Crippen LogP contribution in [0.15, 0.2) is 12.2 Å². The first-order valence-electron chi connectivity index (χ1n) is 5.97. The highest BCUT2D eigenvalue weighted by molar-refractivity contribution is 4.92. The predicted octanol–water partition coefficient (Wildman–Crippen LogP) is 1.64. The van der Waals surface area contributed by atoms with E-state index in [-0.39, 0.29) is 0 Å². The summed E-state index contributed by atoms with van der Waals surface area (Å²) in [4.78, 5) is 2.57. The first-order chi connectivity index (χ1) is 6.86. The van der Waals surface area contributed by atoms with Gasteiger partial charge in [-0.15, -0.1) is 0 Å². The molecule has 0 aliphatic carbocycles. The molecule has 0 aromatic heterocycles. The lowest BCUT2D eigenvalue weighted by molar-refractivity contribution is 0.201. The van der Waals surface area contributed by atoms with Gasteiger partial charge in [-0.1, -0.05) is 19.1 Å². The van der Waals surface area contributed by atoms with E-state index in [1.807, 2.05) is 0 Å². The third-order valence-corrected chi connectivity index (χ3v) is 3.53. The minimum absolute atomic E-state index is 0.732. The molecule has 2 heteroatoms. The van der Waals surface area contributed by atoms with Gasteiger partial charge in [0, 0.05) is 25.7 Å². The van der Waals surface area contributed by atoms with E-state index in [1.54, 1.807) is 0 Å². The van der Waals surface area contributed by atoms with E-state index in [0.29, 0.717) is 0 Å². The van der Waals surface area contributed by atoms with Crippen molar-refractivity contribution in [2.45, 2.75) is 32.2 Å². The van der Waals surface area contributed by atoms with Crippen molar-refractivity contribution in [1.29, 1.82) is 0 Å². The van der Waals surface area contributed by atoms with Crippen molar-refractivity contribution in [3.8, 4) is 0 Å². The van der Waals surface area contributed by atoms with Gasteiger partial charge in [0.25, 0.3) is 0 Å². The zero-order valence-electron chi connectivity index (χ0n) is 9.21. The van der Waals surface area contributed by atoms with E-state index in [1.165, 1.54) is 38.9 Å². The van der Waals surface area contributed by atoms with Crippen LogP contribution in [-0.2, 0) is 0 Å². The molecule has 1 saturated heterocycles. The number of hydrogen-bond acceptors (Lipinski definition) is 2. The van der Waals surface area contributed by atoms with Crippen LogP contribution in [0.2, 0.25) is 0 Å². The molecule has 1 fully saturated rings. The molecule has 2 rings (SSSR count). The number of hydrogen-bond donors (Lipinski definition) is 1. The van der Waals surface area contributed by atoms with Gasteiger partial charge in [-0.3, -0.25) is 4.90 Å². The summed E-state index contributed by atoms with van der Waals surface area (Å²) in [6.07, 6.45) is 8.60. The highest BCUT2D eigenvalue weighted by atomic mass is 15.1. The lowest BCUT2D eigenvalue weighted by atomic mass is 9.92. The molecule has 0 aromatic rings. The summed E-state index contributed by atoms with van der Waals surface area (Å²) < 4.78 is 0. The maximum atomic E-state index is 3.65. The van der Waals surface area contributed by atoms with Crippen molar-refractivity contribution in [1.82, 2.24) is 10.2 Å². The van der Waals surface area contributed by atoms with Gasteiger partial charge in [0.05, 0.1) is 0 Å². The van der Waals surface area contributed by atoms with Gasteiger partial charge in [-0.05, 0) is 31.7 Å². The van der Waals surface area contributed by atoms with Gasteiger partial charge in [0.15, 0.2) is 0 Å². The van der Waals surface area contributed by atoms with Gasteiger partial charge in [0.2, 0.25) is 0 Å². The Labute approximate surface area is 87.4 Å². The van der Waals surface area contributed by atoms with E-state index in [4.69, 9.17) is 0 Å². The fourth-order valence-electron chi connectivity index (χ4n) is 2.49. The maximum Gasteiger partial charge on any atom is 0.0220 e. The van der Waals surface area contributed by atoms with E-state index < -0.39 is 0 Å². The highest BCUT2D eigenvalue weighted by Crippen LogP contribution is 2.17. The molecular formula is C12H22N2. The van der Waals surface area contributed by atoms with Gasteiger partial charge in [-0.2, -0.15) is 0 Å². The second-order valence-corrected chi connectivity index (χ2v) is 4.70. The molecule has 0 aromatic carbocycles. The summed E-state index contributed by atoms with van der Waals surface area (Å²) in [7, 11) is 0. The Bertz CT molecular complexity index is 200. The summed E-state index contributed by atoms with van der Waals surface area (Å²) >= 11 is 0. The molecule has 14 heavy (non-hydrogen) atoms. The molecule has 0 amide bonds. The first kappa shape index (κ1) is 10.2. The van der Waals surface area contributed by atoms with Gasteiger partial charge < -0.3 is 5.32 Å². The first-order valence-corrected chi connectivity index (χ1v) is 5.97. The van der Waals surface area contributed by atoms with Crippen LogP contribution in [0.25, 0.3) is 0 Å². The van der Waals surface area contributed by atoms with E-state index in [9.17, 15) is 0 Å². The fourth-order valence-corrected chi connectivity index (χ4v) is 2.49. The molecule has 2 unspecified atom stereocenters. The summed E-state index contributed by atoms with van der Waals surface area (Å²) in [5, 5.41) is 3.65. The normalized spacial score (nSPS) is 34.6. The second kappa shape index (κ2) is 4.94. The molecule has 1 N–H and O–H groups in total. The van der Waals surface area contributed by atoms with Crippen LogP contribution in [0.5, 0.6) is 0 Å². The summed E-state index contributed by atoms with van der Waals surface area (Å²) in [5.74, 6) is 0.856. The molecule has 0 radical (unpaired) electrons. The Morgan fingerprint density at radius 2 is 2.36 bits per heavy atom. The van der Waals surface area contributed by atoms with Gasteiger partial charge in [0.1, 0.15) is 0 Å². The molecule has 0 spiro atoms. The number of nitrogens with zero attached hydrogens (tertiary/aromatic N) is 1. The van der Waals surface area contributed by atoms with Crippen molar-refractivity contribution >= 4 is 0 Å². The molecule has 2 heterocycles.